The van der Waals surface area contributed by atoms with Crippen molar-refractivity contribution in [1.82, 2.24) is 9.55 Å². The van der Waals surface area contributed by atoms with Gasteiger partial charge in [0, 0.05) is 12.7 Å². The zero-order valence-electron chi connectivity index (χ0n) is 13.3. The van der Waals surface area contributed by atoms with Gasteiger partial charge in [-0.2, -0.15) is 0 Å². The summed E-state index contributed by atoms with van der Waals surface area (Å²) in [6, 6.07) is 9.14. The third-order valence-corrected chi connectivity index (χ3v) is 3.77. The molecule has 0 saturated carbocycles. The molecule has 1 aliphatic heterocycles. The van der Waals surface area contributed by atoms with Crippen molar-refractivity contribution in [1.29, 1.82) is 0 Å². The second kappa shape index (κ2) is 7.32. The third-order valence-electron chi connectivity index (χ3n) is 3.50. The molecule has 2 aromatic rings. The second-order valence-corrected chi connectivity index (χ2v) is 5.71. The van der Waals surface area contributed by atoms with E-state index in [4.69, 9.17) is 21.1 Å². The zero-order chi connectivity index (χ0) is 18.7. The molecule has 0 radical (unpaired) electrons. The molecule has 2 heterocycles. The number of aromatic amines is 1. The standard InChI is InChI=1S/C17H13ClN2O6/c18-11-8-20(17(24)19-15(11)22)7-6-12-14(13(21)16(23)26-12)25-9-10-4-2-1-3-5-10/h1-6,8,21H,7,9H2,(H,19,22,24)/b12-6+. The number of halogens is 1. The highest BCUT2D eigenvalue weighted by Crippen LogP contribution is 2.26. The molecule has 2 N–H and O–H groups in total. The number of nitrogens with one attached hydrogen (secondary N) is 1. The lowest BCUT2D eigenvalue weighted by Gasteiger charge is -2.08. The fourth-order valence-corrected chi connectivity index (χ4v) is 2.37. The van der Waals surface area contributed by atoms with Crippen LogP contribution in [0.25, 0.3) is 0 Å². The van der Waals surface area contributed by atoms with E-state index < -0.39 is 23.0 Å². The van der Waals surface area contributed by atoms with Crippen molar-refractivity contribution in [2.45, 2.75) is 13.2 Å². The Morgan fingerprint density at radius 1 is 1.23 bits per heavy atom. The molecule has 134 valence electrons. The van der Waals surface area contributed by atoms with Gasteiger partial charge in [0.2, 0.25) is 11.5 Å². The Bertz CT molecular complexity index is 1020. The van der Waals surface area contributed by atoms with Crippen LogP contribution in [0.5, 0.6) is 0 Å². The van der Waals surface area contributed by atoms with Crippen molar-refractivity contribution in [3.8, 4) is 0 Å². The van der Waals surface area contributed by atoms with Gasteiger partial charge >= 0.3 is 11.7 Å². The fraction of sp³-hybridized carbons (Fsp3) is 0.118. The number of carbonyl (C=O) groups excluding carboxylic acids is 1. The van der Waals surface area contributed by atoms with Gasteiger partial charge in [-0.15, -0.1) is 0 Å². The average Bonchev–Trinajstić information content (AvgIpc) is 2.90. The number of aliphatic hydroxyl groups is 1. The minimum atomic E-state index is -0.953. The van der Waals surface area contributed by atoms with Crippen LogP contribution < -0.4 is 11.2 Å². The summed E-state index contributed by atoms with van der Waals surface area (Å²) in [5.41, 5.74) is -0.548. The predicted octanol–water partition coefficient (Wildman–Crippen LogP) is 1.62. The largest absolute Gasteiger partial charge is 0.499 e. The quantitative estimate of drug-likeness (QED) is 0.767. The maximum absolute atomic E-state index is 11.7. The number of H-pyrrole nitrogens is 1. The van der Waals surface area contributed by atoms with E-state index in [0.717, 1.165) is 16.3 Å². The summed E-state index contributed by atoms with van der Waals surface area (Å²) in [5.74, 6) is -1.76. The third kappa shape index (κ3) is 3.70. The Morgan fingerprint density at radius 2 is 1.96 bits per heavy atom. The number of aliphatic hydroxyl groups excluding tert-OH is 1. The number of allylic oxidation sites excluding steroid dienone is 1. The van der Waals surface area contributed by atoms with Gasteiger partial charge in [-0.25, -0.2) is 9.59 Å². The Labute approximate surface area is 151 Å². The molecule has 1 aliphatic rings. The van der Waals surface area contributed by atoms with Crippen LogP contribution in [0.1, 0.15) is 5.56 Å². The smallest absolute Gasteiger partial charge is 0.383 e. The number of aromatic nitrogens is 2. The van der Waals surface area contributed by atoms with Crippen LogP contribution in [-0.4, -0.2) is 20.6 Å². The van der Waals surface area contributed by atoms with Gasteiger partial charge in [0.1, 0.15) is 11.6 Å². The summed E-state index contributed by atoms with van der Waals surface area (Å²) in [4.78, 5) is 36.6. The van der Waals surface area contributed by atoms with E-state index in [0.29, 0.717) is 0 Å². The van der Waals surface area contributed by atoms with Crippen LogP contribution in [-0.2, 0) is 27.4 Å². The molecular weight excluding hydrogens is 364 g/mol. The molecule has 26 heavy (non-hydrogen) atoms. The van der Waals surface area contributed by atoms with Crippen LogP contribution in [0.15, 0.2) is 69.5 Å². The summed E-state index contributed by atoms with van der Waals surface area (Å²) in [6.45, 7) is 0.0437. The number of carbonyl (C=O) groups is 1. The van der Waals surface area contributed by atoms with Gasteiger partial charge in [0.25, 0.3) is 5.56 Å². The Kier molecular flexibility index (Phi) is 4.94. The number of hydrogen-bond donors (Lipinski definition) is 2. The molecule has 8 nitrogen and oxygen atoms in total. The van der Waals surface area contributed by atoms with E-state index in [-0.39, 0.29) is 29.7 Å². The van der Waals surface area contributed by atoms with E-state index in [9.17, 15) is 19.5 Å². The first-order chi connectivity index (χ1) is 12.5. The molecule has 0 unspecified atom stereocenters. The fourth-order valence-electron chi connectivity index (χ4n) is 2.21. The van der Waals surface area contributed by atoms with E-state index in [1.165, 1.54) is 6.08 Å². The Morgan fingerprint density at radius 3 is 2.69 bits per heavy atom. The highest BCUT2D eigenvalue weighted by Gasteiger charge is 2.31. The molecule has 0 amide bonds. The van der Waals surface area contributed by atoms with E-state index in [2.05, 4.69) is 0 Å². The number of nitrogens with zero attached hydrogens (tertiary/aromatic N) is 1. The van der Waals surface area contributed by atoms with Crippen molar-refractivity contribution < 1.29 is 19.4 Å². The lowest BCUT2D eigenvalue weighted by atomic mass is 10.2. The first kappa shape index (κ1) is 17.6. The average molecular weight is 377 g/mol. The summed E-state index contributed by atoms with van der Waals surface area (Å²) < 4.78 is 11.5. The molecule has 0 saturated heterocycles. The van der Waals surface area contributed by atoms with E-state index >= 15 is 0 Å². The summed E-state index contributed by atoms with van der Waals surface area (Å²) >= 11 is 5.69. The van der Waals surface area contributed by atoms with Gasteiger partial charge in [0.15, 0.2) is 5.76 Å². The lowest BCUT2D eigenvalue weighted by molar-refractivity contribution is -0.135. The predicted molar refractivity (Wildman–Crippen MR) is 91.4 cm³/mol. The monoisotopic (exact) mass is 376 g/mol. The van der Waals surface area contributed by atoms with Crippen LogP contribution in [0.2, 0.25) is 5.02 Å². The van der Waals surface area contributed by atoms with Gasteiger partial charge in [-0.1, -0.05) is 41.9 Å². The number of rotatable bonds is 5. The van der Waals surface area contributed by atoms with Crippen molar-refractivity contribution in [3.05, 3.63) is 91.3 Å². The zero-order valence-corrected chi connectivity index (χ0v) is 14.0. The van der Waals surface area contributed by atoms with Crippen molar-refractivity contribution in [3.63, 3.8) is 0 Å². The number of ether oxygens (including phenoxy) is 2. The minimum absolute atomic E-state index is 0.0300. The number of benzene rings is 1. The van der Waals surface area contributed by atoms with E-state index in [1.54, 1.807) is 0 Å². The first-order valence-corrected chi connectivity index (χ1v) is 7.85. The SMILES string of the molecule is O=C1O/C(=C/Cn2cc(Cl)c(=O)[nH]c2=O)C(OCc2ccccc2)=C1O. The number of esters is 1. The molecule has 1 aromatic heterocycles. The van der Waals surface area contributed by atoms with Crippen LogP contribution in [0, 0.1) is 0 Å². The summed E-state index contributed by atoms with van der Waals surface area (Å²) in [7, 11) is 0. The lowest BCUT2D eigenvalue weighted by Crippen LogP contribution is -2.29. The maximum atomic E-state index is 11.7. The number of cyclic esters (lactones) is 1. The molecule has 0 fully saturated rings. The highest BCUT2D eigenvalue weighted by atomic mass is 35.5. The molecule has 3 rings (SSSR count). The van der Waals surface area contributed by atoms with Crippen molar-refractivity contribution in [2.75, 3.05) is 0 Å². The highest BCUT2D eigenvalue weighted by molar-refractivity contribution is 6.30. The normalized spacial score (nSPS) is 15.4. The topological polar surface area (TPSA) is 111 Å². The van der Waals surface area contributed by atoms with Crippen molar-refractivity contribution >= 4 is 17.6 Å². The molecule has 0 spiro atoms. The summed E-state index contributed by atoms with van der Waals surface area (Å²) in [5, 5.41) is 9.68. The van der Waals surface area contributed by atoms with Gasteiger partial charge < -0.3 is 14.6 Å². The van der Waals surface area contributed by atoms with Gasteiger partial charge in [0.05, 0.1) is 0 Å². The van der Waals surface area contributed by atoms with Gasteiger partial charge in [-0.3, -0.25) is 14.3 Å². The Balaban J connectivity index is 1.81. The molecular formula is C17H13ClN2O6. The second-order valence-electron chi connectivity index (χ2n) is 5.30. The Hall–Kier alpha value is -3.26. The van der Waals surface area contributed by atoms with Crippen LogP contribution >= 0.6 is 11.6 Å². The van der Waals surface area contributed by atoms with Crippen molar-refractivity contribution in [2.24, 2.45) is 0 Å². The summed E-state index contributed by atoms with van der Waals surface area (Å²) in [6.07, 6.45) is 2.52. The van der Waals surface area contributed by atoms with E-state index in [1.807, 2.05) is 35.3 Å². The van der Waals surface area contributed by atoms with Crippen LogP contribution in [0.4, 0.5) is 0 Å². The molecule has 0 atom stereocenters. The molecule has 0 aliphatic carbocycles. The first-order valence-electron chi connectivity index (χ1n) is 7.47. The maximum Gasteiger partial charge on any atom is 0.383 e. The van der Waals surface area contributed by atoms with Gasteiger partial charge in [-0.05, 0) is 11.6 Å². The van der Waals surface area contributed by atoms with Crippen LogP contribution in [0.3, 0.4) is 0 Å². The number of hydrogen-bond acceptors (Lipinski definition) is 6. The molecule has 1 aromatic carbocycles. The minimum Gasteiger partial charge on any atom is -0.499 e. The molecule has 0 bridgehead atoms. The molecule has 9 heteroatoms.